The van der Waals surface area contributed by atoms with Crippen LogP contribution in [0.3, 0.4) is 0 Å². The summed E-state index contributed by atoms with van der Waals surface area (Å²) >= 11 is 1.52. The first-order chi connectivity index (χ1) is 8.78. The molecule has 100 valence electrons. The predicted octanol–water partition coefficient (Wildman–Crippen LogP) is 2.38. The molecule has 1 aliphatic rings. The summed E-state index contributed by atoms with van der Waals surface area (Å²) in [5, 5.41) is 0.995. The molecule has 0 bridgehead atoms. The highest BCUT2D eigenvalue weighted by atomic mass is 32.1. The molecule has 0 spiro atoms. The Balaban J connectivity index is 2.10. The number of hydrogen-bond donors (Lipinski definition) is 0. The van der Waals surface area contributed by atoms with Gasteiger partial charge in [0.25, 0.3) is 0 Å². The minimum absolute atomic E-state index is 0.581. The van der Waals surface area contributed by atoms with Gasteiger partial charge in [0, 0.05) is 20.2 Å². The fourth-order valence-electron chi connectivity index (χ4n) is 2.44. The Bertz CT molecular complexity index is 404. The molecule has 0 saturated carbocycles. The zero-order chi connectivity index (χ0) is 13.0. The third-order valence-corrected chi connectivity index (χ3v) is 4.43. The molecule has 1 saturated heterocycles. The van der Waals surface area contributed by atoms with Gasteiger partial charge in [0.15, 0.2) is 11.4 Å². The number of rotatable bonds is 5. The minimum atomic E-state index is 0.581. The molecule has 0 amide bonds. The number of aldehydes is 1. The van der Waals surface area contributed by atoms with Crippen LogP contribution < -0.4 is 4.90 Å². The lowest BCUT2D eigenvalue weighted by Crippen LogP contribution is -2.37. The van der Waals surface area contributed by atoms with E-state index in [1.807, 2.05) is 6.92 Å². The lowest BCUT2D eigenvalue weighted by molar-refractivity contribution is 0.112. The molecular formula is C13H20N2O2S. The van der Waals surface area contributed by atoms with Crippen molar-refractivity contribution in [2.24, 2.45) is 5.92 Å². The molecule has 1 atom stereocenters. The zero-order valence-corrected chi connectivity index (χ0v) is 11.8. The third kappa shape index (κ3) is 2.90. The van der Waals surface area contributed by atoms with E-state index >= 15 is 0 Å². The van der Waals surface area contributed by atoms with Gasteiger partial charge in [-0.2, -0.15) is 0 Å². The van der Waals surface area contributed by atoms with Crippen molar-refractivity contribution in [2.45, 2.75) is 26.2 Å². The van der Waals surface area contributed by atoms with E-state index < -0.39 is 0 Å². The number of anilines is 1. The molecule has 1 unspecified atom stereocenters. The van der Waals surface area contributed by atoms with Crippen molar-refractivity contribution in [1.82, 2.24) is 4.98 Å². The summed E-state index contributed by atoms with van der Waals surface area (Å²) in [6, 6.07) is 0. The Morgan fingerprint density at radius 1 is 1.61 bits per heavy atom. The normalized spacial score (nSPS) is 20.1. The Hall–Kier alpha value is -0.940. The van der Waals surface area contributed by atoms with Crippen molar-refractivity contribution in [3.8, 4) is 0 Å². The molecule has 1 aliphatic heterocycles. The highest BCUT2D eigenvalue weighted by Gasteiger charge is 2.23. The number of nitrogens with zero attached hydrogens (tertiary/aromatic N) is 2. The number of ether oxygens (including phenoxy) is 1. The van der Waals surface area contributed by atoms with Gasteiger partial charge in [-0.15, -0.1) is 0 Å². The van der Waals surface area contributed by atoms with Crippen LogP contribution in [0.25, 0.3) is 0 Å². The lowest BCUT2D eigenvalue weighted by Gasteiger charge is -2.32. The van der Waals surface area contributed by atoms with Gasteiger partial charge in [-0.05, 0) is 25.2 Å². The SMILES string of the molecule is CCc1nc(N2CCCC(COC)C2)sc1C=O. The first-order valence-corrected chi connectivity index (χ1v) is 7.28. The second kappa shape index (κ2) is 6.29. The summed E-state index contributed by atoms with van der Waals surface area (Å²) in [5.74, 6) is 0.581. The molecule has 0 radical (unpaired) electrons. The van der Waals surface area contributed by atoms with Gasteiger partial charge < -0.3 is 9.64 Å². The third-order valence-electron chi connectivity index (χ3n) is 3.35. The molecular weight excluding hydrogens is 248 g/mol. The molecule has 2 rings (SSSR count). The Morgan fingerprint density at radius 3 is 3.06 bits per heavy atom. The molecule has 0 aromatic carbocycles. The molecule has 1 aromatic heterocycles. The van der Waals surface area contributed by atoms with Crippen molar-refractivity contribution in [3.05, 3.63) is 10.6 Å². The number of thiazole rings is 1. The van der Waals surface area contributed by atoms with Crippen LogP contribution in [0, 0.1) is 5.92 Å². The number of hydrogen-bond acceptors (Lipinski definition) is 5. The molecule has 1 fully saturated rings. The van der Waals surface area contributed by atoms with Gasteiger partial charge in [0.1, 0.15) is 0 Å². The lowest BCUT2D eigenvalue weighted by atomic mass is 9.99. The van der Waals surface area contributed by atoms with Gasteiger partial charge in [0.2, 0.25) is 0 Å². The van der Waals surface area contributed by atoms with E-state index in [0.29, 0.717) is 5.92 Å². The molecule has 1 aromatic rings. The first-order valence-electron chi connectivity index (χ1n) is 6.47. The maximum atomic E-state index is 11.0. The average Bonchev–Trinajstić information content (AvgIpc) is 2.82. The molecule has 2 heterocycles. The fraction of sp³-hybridized carbons (Fsp3) is 0.692. The van der Waals surface area contributed by atoms with E-state index in [1.165, 1.54) is 24.2 Å². The smallest absolute Gasteiger partial charge is 0.186 e. The topological polar surface area (TPSA) is 42.4 Å². The van der Waals surface area contributed by atoms with Crippen LogP contribution in [-0.4, -0.2) is 38.1 Å². The first kappa shape index (κ1) is 13.5. The van der Waals surface area contributed by atoms with E-state index in [0.717, 1.165) is 48.1 Å². The van der Waals surface area contributed by atoms with Crippen molar-refractivity contribution in [1.29, 1.82) is 0 Å². The van der Waals surface area contributed by atoms with Crippen molar-refractivity contribution in [2.75, 3.05) is 31.7 Å². The van der Waals surface area contributed by atoms with Gasteiger partial charge in [0.05, 0.1) is 17.2 Å². The number of carbonyl (C=O) groups is 1. The Morgan fingerprint density at radius 2 is 2.44 bits per heavy atom. The molecule has 5 heteroatoms. The molecule has 0 N–H and O–H groups in total. The highest BCUT2D eigenvalue weighted by Crippen LogP contribution is 2.29. The van der Waals surface area contributed by atoms with Crippen LogP contribution in [-0.2, 0) is 11.2 Å². The van der Waals surface area contributed by atoms with Crippen LogP contribution in [0.1, 0.15) is 35.1 Å². The van der Waals surface area contributed by atoms with Crippen molar-refractivity contribution >= 4 is 22.8 Å². The summed E-state index contributed by atoms with van der Waals surface area (Å²) in [6.07, 6.45) is 4.14. The standard InChI is InChI=1S/C13H20N2O2S/c1-3-11-12(8-16)18-13(14-11)15-6-4-5-10(7-15)9-17-2/h8,10H,3-7,9H2,1-2H3. The van der Waals surface area contributed by atoms with Crippen molar-refractivity contribution in [3.63, 3.8) is 0 Å². The summed E-state index contributed by atoms with van der Waals surface area (Å²) in [6.45, 7) is 4.87. The predicted molar refractivity (Wildman–Crippen MR) is 73.7 cm³/mol. The summed E-state index contributed by atoms with van der Waals surface area (Å²) in [5.41, 5.74) is 0.930. The monoisotopic (exact) mass is 268 g/mol. The maximum absolute atomic E-state index is 11.0. The van der Waals surface area contributed by atoms with Gasteiger partial charge in [-0.1, -0.05) is 18.3 Å². The van der Waals surface area contributed by atoms with Gasteiger partial charge in [-0.3, -0.25) is 4.79 Å². The molecule has 18 heavy (non-hydrogen) atoms. The van der Waals surface area contributed by atoms with Crippen LogP contribution in [0.2, 0.25) is 0 Å². The van der Waals surface area contributed by atoms with E-state index in [-0.39, 0.29) is 0 Å². The van der Waals surface area contributed by atoms with E-state index in [1.54, 1.807) is 7.11 Å². The molecule has 4 nitrogen and oxygen atoms in total. The van der Waals surface area contributed by atoms with Gasteiger partial charge >= 0.3 is 0 Å². The zero-order valence-electron chi connectivity index (χ0n) is 11.0. The fourth-order valence-corrected chi connectivity index (χ4v) is 3.45. The van der Waals surface area contributed by atoms with Crippen LogP contribution in [0.4, 0.5) is 5.13 Å². The minimum Gasteiger partial charge on any atom is -0.384 e. The highest BCUT2D eigenvalue weighted by molar-refractivity contribution is 7.17. The second-order valence-corrected chi connectivity index (χ2v) is 5.70. The number of methoxy groups -OCH3 is 1. The quantitative estimate of drug-likeness (QED) is 0.769. The average molecular weight is 268 g/mol. The Labute approximate surface area is 112 Å². The van der Waals surface area contributed by atoms with Crippen molar-refractivity contribution < 1.29 is 9.53 Å². The largest absolute Gasteiger partial charge is 0.384 e. The summed E-state index contributed by atoms with van der Waals surface area (Å²) in [7, 11) is 1.75. The summed E-state index contributed by atoms with van der Waals surface area (Å²) in [4.78, 5) is 18.6. The number of aryl methyl sites for hydroxylation is 1. The second-order valence-electron chi connectivity index (χ2n) is 4.69. The maximum Gasteiger partial charge on any atom is 0.186 e. The van der Waals surface area contributed by atoms with E-state index in [9.17, 15) is 4.79 Å². The van der Waals surface area contributed by atoms with Crippen LogP contribution in [0.15, 0.2) is 0 Å². The number of aromatic nitrogens is 1. The number of carbonyl (C=O) groups excluding carboxylic acids is 1. The molecule has 0 aliphatic carbocycles. The van der Waals surface area contributed by atoms with Crippen LogP contribution in [0.5, 0.6) is 0 Å². The van der Waals surface area contributed by atoms with Crippen LogP contribution >= 0.6 is 11.3 Å². The summed E-state index contributed by atoms with van der Waals surface area (Å²) < 4.78 is 5.24. The van der Waals surface area contributed by atoms with E-state index in [4.69, 9.17) is 4.74 Å². The van der Waals surface area contributed by atoms with Gasteiger partial charge in [-0.25, -0.2) is 4.98 Å². The number of piperidine rings is 1. The Kier molecular flexibility index (Phi) is 4.72. The van der Waals surface area contributed by atoms with E-state index in [2.05, 4.69) is 9.88 Å².